The number of hydrogen-bond donors (Lipinski definition) is 1. The van der Waals surface area contributed by atoms with E-state index in [1.807, 2.05) is 51.1 Å². The number of hydrogen-bond acceptors (Lipinski definition) is 5. The maximum Gasteiger partial charge on any atom is 0.269 e. The molecule has 3 rings (SSSR count). The SMILES string of the molecule is CC[C@@H](C(=O)NC(C)C)N(CCc1ccccc1)C(=O)CCCN1C(=O)c2ccccc2S1(=O)=O. The molecular formula is C26H33N3O5S. The molecule has 0 radical (unpaired) electrons. The first kappa shape index (κ1) is 26.4. The van der Waals surface area contributed by atoms with Gasteiger partial charge >= 0.3 is 0 Å². The lowest BCUT2D eigenvalue weighted by atomic mass is 10.1. The highest BCUT2D eigenvalue weighted by atomic mass is 32.2. The van der Waals surface area contributed by atoms with Crippen LogP contribution in [0.5, 0.6) is 0 Å². The topological polar surface area (TPSA) is 104 Å². The van der Waals surface area contributed by atoms with Crippen LogP contribution >= 0.6 is 0 Å². The predicted molar refractivity (Wildman–Crippen MR) is 133 cm³/mol. The predicted octanol–water partition coefficient (Wildman–Crippen LogP) is 2.99. The van der Waals surface area contributed by atoms with E-state index in [1.165, 1.54) is 12.1 Å². The zero-order valence-electron chi connectivity index (χ0n) is 20.4. The minimum Gasteiger partial charge on any atom is -0.352 e. The summed E-state index contributed by atoms with van der Waals surface area (Å²) in [4.78, 5) is 40.3. The second-order valence-corrected chi connectivity index (χ2v) is 10.7. The third-order valence-electron chi connectivity index (χ3n) is 5.96. The highest BCUT2D eigenvalue weighted by Crippen LogP contribution is 2.30. The fraction of sp³-hybridized carbons (Fsp3) is 0.423. The molecule has 0 bridgehead atoms. The molecule has 0 saturated carbocycles. The third kappa shape index (κ3) is 6.08. The average Bonchev–Trinajstić information content (AvgIpc) is 3.02. The van der Waals surface area contributed by atoms with Crippen molar-refractivity contribution in [3.05, 3.63) is 65.7 Å². The molecule has 35 heavy (non-hydrogen) atoms. The van der Waals surface area contributed by atoms with E-state index in [4.69, 9.17) is 0 Å². The molecule has 0 spiro atoms. The van der Waals surface area contributed by atoms with E-state index in [2.05, 4.69) is 5.32 Å². The smallest absolute Gasteiger partial charge is 0.269 e. The summed E-state index contributed by atoms with van der Waals surface area (Å²) in [6.45, 7) is 5.86. The Balaban J connectivity index is 1.70. The highest BCUT2D eigenvalue weighted by Gasteiger charge is 2.40. The van der Waals surface area contributed by atoms with E-state index in [0.29, 0.717) is 19.4 Å². The van der Waals surface area contributed by atoms with Crippen LogP contribution in [-0.4, -0.2) is 60.5 Å². The summed E-state index contributed by atoms with van der Waals surface area (Å²) in [5, 5.41) is 2.89. The van der Waals surface area contributed by atoms with Gasteiger partial charge in [-0.1, -0.05) is 49.4 Å². The van der Waals surface area contributed by atoms with Gasteiger partial charge in [-0.15, -0.1) is 0 Å². The van der Waals surface area contributed by atoms with Crippen LogP contribution in [0, 0.1) is 0 Å². The normalized spacial score (nSPS) is 15.1. The number of amides is 3. The molecule has 0 saturated heterocycles. The third-order valence-corrected chi connectivity index (χ3v) is 7.81. The maximum absolute atomic E-state index is 13.3. The first-order valence-corrected chi connectivity index (χ1v) is 13.4. The van der Waals surface area contributed by atoms with Crippen molar-refractivity contribution in [2.45, 2.75) is 63.4 Å². The van der Waals surface area contributed by atoms with Gasteiger partial charge in [-0.05, 0) is 50.8 Å². The molecule has 0 aliphatic carbocycles. The molecule has 1 N–H and O–H groups in total. The lowest BCUT2D eigenvalue weighted by molar-refractivity contribution is -0.141. The Hall–Kier alpha value is -3.20. The van der Waals surface area contributed by atoms with Crippen LogP contribution in [0.4, 0.5) is 0 Å². The van der Waals surface area contributed by atoms with Crippen LogP contribution in [-0.2, 0) is 26.0 Å². The van der Waals surface area contributed by atoms with Crippen molar-refractivity contribution in [2.75, 3.05) is 13.1 Å². The molecular weight excluding hydrogens is 466 g/mol. The van der Waals surface area contributed by atoms with Crippen molar-refractivity contribution in [1.82, 2.24) is 14.5 Å². The van der Waals surface area contributed by atoms with Crippen LogP contribution in [0.1, 0.15) is 56.0 Å². The first-order valence-electron chi connectivity index (χ1n) is 12.0. The Bertz CT molecular complexity index is 1160. The van der Waals surface area contributed by atoms with Gasteiger partial charge in [0, 0.05) is 25.6 Å². The second kappa shape index (κ2) is 11.5. The fourth-order valence-electron chi connectivity index (χ4n) is 4.25. The Morgan fingerprint density at radius 1 is 1.03 bits per heavy atom. The molecule has 0 fully saturated rings. The number of nitrogens with zero attached hydrogens (tertiary/aromatic N) is 2. The van der Waals surface area contributed by atoms with E-state index in [1.54, 1.807) is 17.0 Å². The van der Waals surface area contributed by atoms with Crippen LogP contribution in [0.3, 0.4) is 0 Å². The summed E-state index contributed by atoms with van der Waals surface area (Å²) in [6, 6.07) is 15.1. The van der Waals surface area contributed by atoms with Gasteiger partial charge < -0.3 is 10.2 Å². The quantitative estimate of drug-likeness (QED) is 0.512. The van der Waals surface area contributed by atoms with Crippen LogP contribution < -0.4 is 5.32 Å². The molecule has 1 heterocycles. The van der Waals surface area contributed by atoms with Gasteiger partial charge in [0.1, 0.15) is 10.9 Å². The number of benzene rings is 2. The lowest BCUT2D eigenvalue weighted by Crippen LogP contribution is -2.51. The molecule has 0 aromatic heterocycles. The molecule has 0 unspecified atom stereocenters. The molecule has 2 aromatic rings. The van der Waals surface area contributed by atoms with E-state index in [9.17, 15) is 22.8 Å². The molecule has 2 aromatic carbocycles. The zero-order valence-corrected chi connectivity index (χ0v) is 21.3. The molecule has 1 atom stereocenters. The molecule has 3 amide bonds. The van der Waals surface area contributed by atoms with E-state index < -0.39 is 22.0 Å². The van der Waals surface area contributed by atoms with Gasteiger partial charge in [0.05, 0.1) is 5.56 Å². The number of carbonyl (C=O) groups excluding carboxylic acids is 3. The Kier molecular flexibility index (Phi) is 8.67. The summed E-state index contributed by atoms with van der Waals surface area (Å²) in [6.07, 6.45) is 1.23. The van der Waals surface area contributed by atoms with E-state index in [-0.39, 0.29) is 47.7 Å². The monoisotopic (exact) mass is 499 g/mol. The summed E-state index contributed by atoms with van der Waals surface area (Å²) in [5.41, 5.74) is 1.20. The number of fused-ring (bicyclic) bond motifs is 1. The average molecular weight is 500 g/mol. The number of rotatable bonds is 11. The van der Waals surface area contributed by atoms with Gasteiger partial charge in [0.15, 0.2) is 0 Å². The van der Waals surface area contributed by atoms with Gasteiger partial charge in [-0.25, -0.2) is 12.7 Å². The molecule has 1 aliphatic rings. The zero-order chi connectivity index (χ0) is 25.6. The summed E-state index contributed by atoms with van der Waals surface area (Å²) < 4.78 is 26.4. The van der Waals surface area contributed by atoms with Gasteiger partial charge in [-0.3, -0.25) is 14.4 Å². The van der Waals surface area contributed by atoms with Crippen LogP contribution in [0.25, 0.3) is 0 Å². The largest absolute Gasteiger partial charge is 0.352 e. The van der Waals surface area contributed by atoms with Crippen molar-refractivity contribution in [3.8, 4) is 0 Å². The summed E-state index contributed by atoms with van der Waals surface area (Å²) in [5.74, 6) is -1.03. The Morgan fingerprint density at radius 3 is 2.31 bits per heavy atom. The summed E-state index contributed by atoms with van der Waals surface area (Å²) in [7, 11) is -3.91. The molecule has 1 aliphatic heterocycles. The van der Waals surface area contributed by atoms with Gasteiger partial charge in [-0.2, -0.15) is 0 Å². The lowest BCUT2D eigenvalue weighted by Gasteiger charge is -2.31. The minimum atomic E-state index is -3.91. The number of sulfonamides is 1. The number of carbonyl (C=O) groups is 3. The van der Waals surface area contributed by atoms with Crippen molar-refractivity contribution in [3.63, 3.8) is 0 Å². The molecule has 9 heteroatoms. The van der Waals surface area contributed by atoms with Crippen molar-refractivity contribution in [1.29, 1.82) is 0 Å². The van der Waals surface area contributed by atoms with Crippen LogP contribution in [0.15, 0.2) is 59.5 Å². The van der Waals surface area contributed by atoms with E-state index in [0.717, 1.165) is 9.87 Å². The number of nitrogens with one attached hydrogen (secondary N) is 1. The van der Waals surface area contributed by atoms with Crippen molar-refractivity contribution < 1.29 is 22.8 Å². The Labute approximate surface area is 207 Å². The van der Waals surface area contributed by atoms with Gasteiger partial charge in [0.25, 0.3) is 15.9 Å². The second-order valence-electron chi connectivity index (χ2n) is 8.89. The molecule has 188 valence electrons. The highest BCUT2D eigenvalue weighted by molar-refractivity contribution is 7.90. The standard InChI is InChI=1S/C26H33N3O5S/c1-4-22(25(31)27-19(2)3)28(18-16-20-11-6-5-7-12-20)24(30)15-10-17-29-26(32)21-13-8-9-14-23(21)35(29,33)34/h5-9,11-14,19,22H,4,10,15-18H2,1-3H3,(H,27,31)/t22-/m0/s1. The first-order chi connectivity index (χ1) is 16.7. The molecule has 8 nitrogen and oxygen atoms in total. The van der Waals surface area contributed by atoms with Crippen molar-refractivity contribution in [2.24, 2.45) is 0 Å². The fourth-order valence-corrected chi connectivity index (χ4v) is 5.85. The van der Waals surface area contributed by atoms with Gasteiger partial charge in [0.2, 0.25) is 11.8 Å². The van der Waals surface area contributed by atoms with Crippen molar-refractivity contribution >= 4 is 27.7 Å². The van der Waals surface area contributed by atoms with Crippen LogP contribution in [0.2, 0.25) is 0 Å². The minimum absolute atomic E-state index is 0.00258. The van der Waals surface area contributed by atoms with E-state index >= 15 is 0 Å². The summed E-state index contributed by atoms with van der Waals surface area (Å²) >= 11 is 0. The Morgan fingerprint density at radius 2 is 1.69 bits per heavy atom. The maximum atomic E-state index is 13.3.